The second kappa shape index (κ2) is 8.84. The monoisotopic (exact) mass is 453 g/mol. The summed E-state index contributed by atoms with van der Waals surface area (Å²) in [5.41, 5.74) is -1.69. The zero-order chi connectivity index (χ0) is 24.3. The molecule has 1 aliphatic rings. The number of carbonyl (C=O) groups excluding carboxylic acids is 1. The van der Waals surface area contributed by atoms with Crippen LogP contribution in [0.5, 0.6) is 5.75 Å². The molecule has 2 heterocycles. The number of pyridine rings is 1. The molecule has 166 valence electrons. The first-order valence-electron chi connectivity index (χ1n) is 8.83. The van der Waals surface area contributed by atoms with Crippen molar-refractivity contribution in [3.05, 3.63) is 108 Å². The number of rotatable bonds is 4. The number of nitro groups is 3. The third-order valence-corrected chi connectivity index (χ3v) is 4.35. The molecule has 0 saturated heterocycles. The number of hydrogen-bond donors (Lipinski definition) is 1. The van der Waals surface area contributed by atoms with Gasteiger partial charge < -0.3 is 10.3 Å². The van der Waals surface area contributed by atoms with E-state index in [1.165, 1.54) is 0 Å². The number of aromatic hydroxyl groups is 1. The van der Waals surface area contributed by atoms with Crippen LogP contribution < -0.4 is 0 Å². The first-order valence-corrected chi connectivity index (χ1v) is 8.83. The Hall–Kier alpha value is -5.27. The van der Waals surface area contributed by atoms with Gasteiger partial charge in [0.2, 0.25) is 5.69 Å². The average molecular weight is 453 g/mol. The average Bonchev–Trinajstić information content (AvgIpc) is 3.04. The number of benzene rings is 2. The lowest BCUT2D eigenvalue weighted by molar-refractivity contribution is -0.404. The zero-order valence-corrected chi connectivity index (χ0v) is 16.2. The van der Waals surface area contributed by atoms with Crippen molar-refractivity contribution < 1.29 is 29.4 Å². The summed E-state index contributed by atoms with van der Waals surface area (Å²) >= 11 is 0. The topological polar surface area (TPSA) is 206 Å². The van der Waals surface area contributed by atoms with Gasteiger partial charge in [0, 0.05) is 12.3 Å². The van der Waals surface area contributed by atoms with Crippen molar-refractivity contribution in [1.82, 2.24) is 4.98 Å². The number of hydrogen-bond acceptors (Lipinski definition) is 10. The van der Waals surface area contributed by atoms with E-state index >= 15 is 0 Å². The number of para-hydroxylation sites is 1. The third-order valence-electron chi connectivity index (χ3n) is 4.35. The van der Waals surface area contributed by atoms with E-state index in [0.29, 0.717) is 33.8 Å². The van der Waals surface area contributed by atoms with E-state index in [2.05, 4.69) is 4.98 Å². The Morgan fingerprint density at radius 1 is 0.848 bits per heavy atom. The summed E-state index contributed by atoms with van der Waals surface area (Å²) in [6.45, 7) is 0. The second-order valence-electron chi connectivity index (χ2n) is 6.31. The highest BCUT2D eigenvalue weighted by atomic mass is 16.6. The molecular weight excluding hydrogens is 442 g/mol. The first kappa shape index (κ1) is 22.4. The van der Waals surface area contributed by atoms with Gasteiger partial charge >= 0.3 is 11.4 Å². The maximum Gasteiger partial charge on any atom is 0.324 e. The van der Waals surface area contributed by atoms with E-state index in [1.807, 2.05) is 0 Å². The van der Waals surface area contributed by atoms with Gasteiger partial charge in [0.1, 0.15) is 11.3 Å². The van der Waals surface area contributed by atoms with Crippen LogP contribution in [0, 0.1) is 35.6 Å². The number of aromatic nitrogens is 1. The normalized spacial score (nSPS) is 11.9. The molecule has 1 aromatic heterocycles. The maximum absolute atomic E-state index is 12.1. The molecule has 0 unspecified atom stereocenters. The molecule has 3 aromatic rings. The number of nitro benzene ring substituents is 3. The van der Waals surface area contributed by atoms with E-state index in [-0.39, 0.29) is 11.5 Å². The smallest absolute Gasteiger partial charge is 0.324 e. The Morgan fingerprint density at radius 3 is 1.91 bits per heavy atom. The molecule has 0 fully saturated rings. The summed E-state index contributed by atoms with van der Waals surface area (Å²) in [6, 6.07) is 12.8. The van der Waals surface area contributed by atoms with E-state index < -0.39 is 37.6 Å². The number of fused-ring (bicyclic) bond motifs is 1. The van der Waals surface area contributed by atoms with E-state index in [9.17, 15) is 40.3 Å². The Labute approximate surface area is 182 Å². The van der Waals surface area contributed by atoms with Gasteiger partial charge in [0.25, 0.3) is 22.9 Å². The minimum absolute atomic E-state index is 0.0896. The molecule has 1 aliphatic heterocycles. The van der Waals surface area contributed by atoms with Crippen LogP contribution >= 0.6 is 0 Å². The Balaban J connectivity index is 0.000000186. The SMILES string of the molecule is O=C1C(c2ccccn2)=[N+]([O-])c2ccccc21.O=[N+]([O-])c1cc([N+](=O)[O-])c(O)c([N+](=O)[O-])c1. The number of non-ortho nitro benzene ring substituents is 1. The molecule has 0 spiro atoms. The zero-order valence-electron chi connectivity index (χ0n) is 16.2. The van der Waals surface area contributed by atoms with Gasteiger partial charge in [-0.1, -0.05) is 18.2 Å². The molecule has 2 aromatic carbocycles. The molecular formula is C19H11N5O9. The molecule has 1 N–H and O–H groups in total. The first-order chi connectivity index (χ1) is 15.6. The molecule has 33 heavy (non-hydrogen) atoms. The van der Waals surface area contributed by atoms with Crippen molar-refractivity contribution in [3.63, 3.8) is 0 Å². The van der Waals surface area contributed by atoms with Gasteiger partial charge in [-0.25, -0.2) is 4.98 Å². The van der Waals surface area contributed by atoms with Gasteiger partial charge in [0.05, 0.1) is 26.9 Å². The van der Waals surface area contributed by atoms with E-state index in [4.69, 9.17) is 5.11 Å². The van der Waals surface area contributed by atoms with Crippen LogP contribution in [0.15, 0.2) is 60.8 Å². The van der Waals surface area contributed by atoms with Crippen molar-refractivity contribution in [2.45, 2.75) is 0 Å². The number of carbonyl (C=O) groups is 1. The summed E-state index contributed by atoms with van der Waals surface area (Å²) in [6.07, 6.45) is 1.56. The molecule has 0 aliphatic carbocycles. The Morgan fingerprint density at radius 2 is 1.42 bits per heavy atom. The van der Waals surface area contributed by atoms with Crippen molar-refractivity contribution in [3.8, 4) is 5.75 Å². The highest BCUT2D eigenvalue weighted by Gasteiger charge is 2.36. The van der Waals surface area contributed by atoms with Gasteiger partial charge in [-0.3, -0.25) is 35.1 Å². The fraction of sp³-hybridized carbons (Fsp3) is 0. The van der Waals surface area contributed by atoms with Crippen LogP contribution in [0.2, 0.25) is 0 Å². The lowest BCUT2D eigenvalue weighted by atomic mass is 10.1. The quantitative estimate of drug-likeness (QED) is 0.264. The molecule has 14 nitrogen and oxygen atoms in total. The number of phenolic OH excluding ortho intramolecular Hbond substituents is 1. The van der Waals surface area contributed by atoms with Gasteiger partial charge in [-0.15, -0.1) is 0 Å². The molecule has 0 bridgehead atoms. The fourth-order valence-electron chi connectivity index (χ4n) is 2.88. The maximum atomic E-state index is 12.1. The molecule has 14 heteroatoms. The minimum atomic E-state index is -1.21. The summed E-state index contributed by atoms with van der Waals surface area (Å²) in [5.74, 6) is -1.48. The van der Waals surface area contributed by atoms with Crippen LogP contribution in [0.25, 0.3) is 0 Å². The summed E-state index contributed by atoms with van der Waals surface area (Å²) in [5, 5.41) is 52.2. The lowest BCUT2D eigenvalue weighted by Crippen LogP contribution is -2.17. The van der Waals surface area contributed by atoms with Crippen LogP contribution in [0.1, 0.15) is 16.1 Å². The third kappa shape index (κ3) is 4.29. The predicted octanol–water partition coefficient (Wildman–Crippen LogP) is 3.03. The highest BCUT2D eigenvalue weighted by Crippen LogP contribution is 2.39. The van der Waals surface area contributed by atoms with Crippen molar-refractivity contribution >= 4 is 34.2 Å². The highest BCUT2D eigenvalue weighted by molar-refractivity contribution is 6.51. The Kier molecular flexibility index (Phi) is 6.01. The standard InChI is InChI=1S/C13H8N2O2.C6H3N3O7/c16-13-9-5-1-2-7-11(9)15(17)12(13)10-6-3-4-8-14-10;10-6-4(8(13)14)1-3(7(11)12)2-5(6)9(15)16/h1-8H;1-2,10H. The van der Waals surface area contributed by atoms with Crippen molar-refractivity contribution in [1.29, 1.82) is 0 Å². The molecule has 0 saturated carbocycles. The van der Waals surface area contributed by atoms with E-state index in [0.717, 1.165) is 0 Å². The van der Waals surface area contributed by atoms with Crippen molar-refractivity contribution in [2.24, 2.45) is 0 Å². The van der Waals surface area contributed by atoms with Crippen LogP contribution in [0.3, 0.4) is 0 Å². The summed E-state index contributed by atoms with van der Waals surface area (Å²) in [7, 11) is 0. The number of phenols is 1. The van der Waals surface area contributed by atoms with Crippen LogP contribution in [-0.4, -0.2) is 41.1 Å². The number of nitrogens with zero attached hydrogens (tertiary/aromatic N) is 5. The largest absolute Gasteiger partial charge is 0.618 e. The van der Waals surface area contributed by atoms with Crippen LogP contribution in [0.4, 0.5) is 22.7 Å². The predicted molar refractivity (Wildman–Crippen MR) is 110 cm³/mol. The number of Topliss-reactive ketones (excluding diaryl/α,β-unsaturated/α-hetero) is 1. The lowest BCUT2D eigenvalue weighted by Gasteiger charge is -2.00. The summed E-state index contributed by atoms with van der Waals surface area (Å²) < 4.78 is 0.653. The van der Waals surface area contributed by atoms with Gasteiger partial charge in [-0.05, 0) is 18.2 Å². The number of ketones is 1. The minimum Gasteiger partial charge on any atom is -0.618 e. The second-order valence-corrected chi connectivity index (χ2v) is 6.31. The van der Waals surface area contributed by atoms with Gasteiger partial charge in [0.15, 0.2) is 0 Å². The molecule has 0 amide bonds. The van der Waals surface area contributed by atoms with Crippen LogP contribution in [-0.2, 0) is 0 Å². The summed E-state index contributed by atoms with van der Waals surface area (Å²) in [4.78, 5) is 43.9. The van der Waals surface area contributed by atoms with E-state index in [1.54, 1.807) is 48.7 Å². The molecule has 0 atom stereocenters. The Bertz CT molecular complexity index is 1300. The van der Waals surface area contributed by atoms with Crippen molar-refractivity contribution in [2.75, 3.05) is 0 Å². The molecule has 4 rings (SSSR count). The van der Waals surface area contributed by atoms with Gasteiger partial charge in [-0.2, -0.15) is 4.74 Å². The fourth-order valence-corrected chi connectivity index (χ4v) is 2.88. The molecule has 0 radical (unpaired) electrons.